The zero-order chi connectivity index (χ0) is 18.5. The van der Waals surface area contributed by atoms with E-state index in [1.807, 2.05) is 36.4 Å². The molecule has 0 atom stereocenters. The van der Waals surface area contributed by atoms with Gasteiger partial charge in [0, 0.05) is 17.2 Å². The van der Waals surface area contributed by atoms with E-state index in [0.29, 0.717) is 17.1 Å². The van der Waals surface area contributed by atoms with Crippen molar-refractivity contribution in [2.45, 2.75) is 13.5 Å². The summed E-state index contributed by atoms with van der Waals surface area (Å²) in [5.41, 5.74) is 2.48. The maximum atomic E-state index is 10.5. The van der Waals surface area contributed by atoms with Gasteiger partial charge < -0.3 is 23.7 Å². The number of aromatic nitrogens is 1. The van der Waals surface area contributed by atoms with Crippen molar-refractivity contribution in [3.8, 4) is 28.7 Å². The fraction of sp³-hybridized carbons (Fsp3) is 0.158. The summed E-state index contributed by atoms with van der Waals surface area (Å²) in [6.07, 6.45) is 0.202. The number of hydrogen-bond donors (Lipinski definition) is 1. The summed E-state index contributed by atoms with van der Waals surface area (Å²) in [5, 5.41) is 8.60. The van der Waals surface area contributed by atoms with Gasteiger partial charge in [-0.3, -0.25) is 4.98 Å². The van der Waals surface area contributed by atoms with Gasteiger partial charge in [0.05, 0.1) is 19.0 Å². The molecule has 2 heterocycles. The van der Waals surface area contributed by atoms with Crippen molar-refractivity contribution in [3.05, 3.63) is 60.0 Å². The van der Waals surface area contributed by atoms with E-state index in [0.717, 1.165) is 17.0 Å². The van der Waals surface area contributed by atoms with Crippen LogP contribution in [0.15, 0.2) is 53.1 Å². The number of pyridine rings is 1. The lowest BCUT2D eigenvalue weighted by molar-refractivity contribution is 0.132. The summed E-state index contributed by atoms with van der Waals surface area (Å²) >= 11 is 0. The van der Waals surface area contributed by atoms with Crippen LogP contribution in [0.25, 0.3) is 11.3 Å². The molecule has 26 heavy (non-hydrogen) atoms. The van der Waals surface area contributed by atoms with Crippen LogP contribution in [0, 0.1) is 6.92 Å². The Hall–Kier alpha value is -3.48. The number of methoxy groups -OCH3 is 1. The zero-order valence-corrected chi connectivity index (χ0v) is 14.3. The molecule has 3 aromatic rings. The standard InChI is InChI=1S/C19H17NO6/c1-12-14(9-18(25-12)26-19(21)22)11-24-16-7-8-17(20-10-16)13-3-5-15(23-2)6-4-13/h3-10H,11H2,1-2H3,(H,21,22). The zero-order valence-electron chi connectivity index (χ0n) is 14.3. The fourth-order valence-electron chi connectivity index (χ4n) is 2.33. The van der Waals surface area contributed by atoms with Crippen LogP contribution in [0.4, 0.5) is 4.79 Å². The molecule has 0 unspecified atom stereocenters. The van der Waals surface area contributed by atoms with Crippen LogP contribution in [0.5, 0.6) is 17.4 Å². The molecule has 0 saturated heterocycles. The second-order valence-corrected chi connectivity index (χ2v) is 5.41. The molecule has 7 nitrogen and oxygen atoms in total. The molecular formula is C19H17NO6. The van der Waals surface area contributed by atoms with Crippen LogP contribution in [0.2, 0.25) is 0 Å². The highest BCUT2D eigenvalue weighted by Gasteiger charge is 2.12. The lowest BCUT2D eigenvalue weighted by Crippen LogP contribution is -2.01. The van der Waals surface area contributed by atoms with E-state index >= 15 is 0 Å². The Morgan fingerprint density at radius 2 is 1.88 bits per heavy atom. The largest absolute Gasteiger partial charge is 0.513 e. The highest BCUT2D eigenvalue weighted by atomic mass is 16.7. The first-order valence-corrected chi connectivity index (χ1v) is 7.78. The maximum absolute atomic E-state index is 10.5. The lowest BCUT2D eigenvalue weighted by atomic mass is 10.1. The molecule has 0 aliphatic rings. The molecule has 0 aliphatic carbocycles. The van der Waals surface area contributed by atoms with Gasteiger partial charge in [0.1, 0.15) is 23.9 Å². The maximum Gasteiger partial charge on any atom is 0.513 e. The van der Waals surface area contributed by atoms with Gasteiger partial charge in [-0.05, 0) is 43.3 Å². The van der Waals surface area contributed by atoms with Crippen LogP contribution in [-0.4, -0.2) is 23.4 Å². The molecule has 0 radical (unpaired) electrons. The number of ether oxygens (including phenoxy) is 3. The van der Waals surface area contributed by atoms with Gasteiger partial charge in [-0.15, -0.1) is 0 Å². The Balaban J connectivity index is 1.64. The number of benzene rings is 1. The third kappa shape index (κ3) is 4.13. The summed E-state index contributed by atoms with van der Waals surface area (Å²) in [4.78, 5) is 14.9. The molecule has 1 N–H and O–H groups in total. The Bertz CT molecular complexity index is 883. The third-order valence-electron chi connectivity index (χ3n) is 3.70. The van der Waals surface area contributed by atoms with Crippen LogP contribution in [-0.2, 0) is 6.61 Å². The van der Waals surface area contributed by atoms with Crippen molar-refractivity contribution in [2.24, 2.45) is 0 Å². The Morgan fingerprint density at radius 1 is 1.15 bits per heavy atom. The number of carbonyl (C=O) groups is 1. The Labute approximate surface area is 149 Å². The summed E-state index contributed by atoms with van der Waals surface area (Å²) in [7, 11) is 1.62. The first-order chi connectivity index (χ1) is 12.5. The number of nitrogens with zero attached hydrogens (tertiary/aromatic N) is 1. The molecule has 3 rings (SSSR count). The molecule has 7 heteroatoms. The van der Waals surface area contributed by atoms with Crippen molar-refractivity contribution in [3.63, 3.8) is 0 Å². The summed E-state index contributed by atoms with van der Waals surface area (Å²) in [6.45, 7) is 1.92. The van der Waals surface area contributed by atoms with E-state index < -0.39 is 6.16 Å². The number of carboxylic acid groups (broad SMARTS) is 1. The fourth-order valence-corrected chi connectivity index (χ4v) is 2.33. The molecular weight excluding hydrogens is 338 g/mol. The second kappa shape index (κ2) is 7.60. The monoisotopic (exact) mass is 355 g/mol. The molecule has 0 amide bonds. The third-order valence-corrected chi connectivity index (χ3v) is 3.70. The van der Waals surface area contributed by atoms with Gasteiger partial charge in [-0.2, -0.15) is 0 Å². The van der Waals surface area contributed by atoms with E-state index in [1.54, 1.807) is 20.2 Å². The number of furan rings is 1. The predicted octanol–water partition coefficient (Wildman–Crippen LogP) is 4.29. The normalized spacial score (nSPS) is 10.4. The van der Waals surface area contributed by atoms with Crippen molar-refractivity contribution >= 4 is 6.16 Å². The molecule has 0 bridgehead atoms. The minimum Gasteiger partial charge on any atom is -0.497 e. The Kier molecular flexibility index (Phi) is 5.07. The molecule has 1 aromatic carbocycles. The SMILES string of the molecule is COc1ccc(-c2ccc(OCc3cc(OC(=O)O)oc3C)cn2)cc1. The van der Waals surface area contributed by atoms with E-state index in [4.69, 9.17) is 19.0 Å². The van der Waals surface area contributed by atoms with Crippen LogP contribution >= 0.6 is 0 Å². The van der Waals surface area contributed by atoms with Crippen LogP contribution in [0.3, 0.4) is 0 Å². The van der Waals surface area contributed by atoms with E-state index in [9.17, 15) is 4.79 Å². The average Bonchev–Trinajstić information content (AvgIpc) is 2.99. The predicted molar refractivity (Wildman–Crippen MR) is 92.7 cm³/mol. The van der Waals surface area contributed by atoms with Gasteiger partial charge in [0.2, 0.25) is 0 Å². The molecule has 0 fully saturated rings. The molecule has 0 aliphatic heterocycles. The molecule has 2 aromatic heterocycles. The topological polar surface area (TPSA) is 91.0 Å². The lowest BCUT2D eigenvalue weighted by Gasteiger charge is -2.07. The summed E-state index contributed by atoms with van der Waals surface area (Å²) in [6, 6.07) is 12.8. The summed E-state index contributed by atoms with van der Waals surface area (Å²) in [5.74, 6) is 1.82. The molecule has 0 saturated carbocycles. The minimum absolute atomic E-state index is 0.0819. The van der Waals surface area contributed by atoms with Gasteiger partial charge in [0.15, 0.2) is 0 Å². The average molecular weight is 355 g/mol. The number of hydrogen-bond acceptors (Lipinski definition) is 6. The van der Waals surface area contributed by atoms with E-state index in [2.05, 4.69) is 9.72 Å². The van der Waals surface area contributed by atoms with E-state index in [-0.39, 0.29) is 12.6 Å². The number of rotatable bonds is 6. The van der Waals surface area contributed by atoms with Gasteiger partial charge in [-0.1, -0.05) is 0 Å². The molecule has 0 spiro atoms. The number of aryl methyl sites for hydroxylation is 1. The Morgan fingerprint density at radius 3 is 2.50 bits per heavy atom. The van der Waals surface area contributed by atoms with Gasteiger partial charge in [0.25, 0.3) is 5.95 Å². The quantitative estimate of drug-likeness (QED) is 0.659. The highest BCUT2D eigenvalue weighted by molar-refractivity contribution is 5.61. The molecule has 134 valence electrons. The van der Waals surface area contributed by atoms with E-state index in [1.165, 1.54) is 6.07 Å². The minimum atomic E-state index is -1.43. The van der Waals surface area contributed by atoms with Crippen molar-refractivity contribution in [1.82, 2.24) is 4.98 Å². The highest BCUT2D eigenvalue weighted by Crippen LogP contribution is 2.25. The smallest absolute Gasteiger partial charge is 0.497 e. The van der Waals surface area contributed by atoms with Gasteiger partial charge in [-0.25, -0.2) is 4.79 Å². The van der Waals surface area contributed by atoms with Crippen LogP contribution < -0.4 is 14.2 Å². The first-order valence-electron chi connectivity index (χ1n) is 7.78. The van der Waals surface area contributed by atoms with Gasteiger partial charge >= 0.3 is 6.16 Å². The van der Waals surface area contributed by atoms with Crippen molar-refractivity contribution < 1.29 is 28.5 Å². The van der Waals surface area contributed by atoms with Crippen molar-refractivity contribution in [2.75, 3.05) is 7.11 Å². The van der Waals surface area contributed by atoms with Crippen LogP contribution in [0.1, 0.15) is 11.3 Å². The second-order valence-electron chi connectivity index (χ2n) is 5.41. The first kappa shape index (κ1) is 17.3. The van der Waals surface area contributed by atoms with Crippen molar-refractivity contribution in [1.29, 1.82) is 0 Å². The summed E-state index contributed by atoms with van der Waals surface area (Å²) < 4.78 is 20.5.